The number of halogens is 1. The Balaban J connectivity index is 1.90. The lowest BCUT2D eigenvalue weighted by Gasteiger charge is -2.03. The van der Waals surface area contributed by atoms with Gasteiger partial charge in [0.15, 0.2) is 0 Å². The SMILES string of the molecule is C/C(CCc1cccc(F)c1)=N\Nc1cc[nH]c(=O)c1. The van der Waals surface area contributed by atoms with Gasteiger partial charge in [-0.2, -0.15) is 5.10 Å². The third-order valence-corrected chi connectivity index (χ3v) is 2.82. The van der Waals surface area contributed by atoms with Gasteiger partial charge in [-0.15, -0.1) is 0 Å². The fourth-order valence-electron chi connectivity index (χ4n) is 1.75. The lowest BCUT2D eigenvalue weighted by molar-refractivity contribution is 0.625. The van der Waals surface area contributed by atoms with Crippen LogP contribution >= 0.6 is 0 Å². The summed E-state index contributed by atoms with van der Waals surface area (Å²) in [7, 11) is 0. The summed E-state index contributed by atoms with van der Waals surface area (Å²) in [4.78, 5) is 13.6. The lowest BCUT2D eigenvalue weighted by Crippen LogP contribution is -2.05. The Bertz CT molecular complexity index is 664. The standard InChI is InChI=1S/C15H16FN3O/c1-11(5-6-12-3-2-4-13(16)9-12)18-19-14-7-8-17-15(20)10-14/h2-4,7-10H,5-6H2,1H3,(H2,17,19,20)/b18-11+. The average molecular weight is 273 g/mol. The van der Waals surface area contributed by atoms with Crippen molar-refractivity contribution in [3.8, 4) is 0 Å². The zero-order valence-corrected chi connectivity index (χ0v) is 11.2. The van der Waals surface area contributed by atoms with Crippen molar-refractivity contribution in [1.82, 2.24) is 4.98 Å². The molecule has 0 saturated carbocycles. The molecule has 0 aliphatic rings. The van der Waals surface area contributed by atoms with E-state index in [4.69, 9.17) is 0 Å². The molecule has 0 radical (unpaired) electrons. The number of aryl methyl sites for hydroxylation is 1. The van der Waals surface area contributed by atoms with E-state index in [0.717, 1.165) is 24.1 Å². The summed E-state index contributed by atoms with van der Waals surface area (Å²) in [6.45, 7) is 1.89. The summed E-state index contributed by atoms with van der Waals surface area (Å²) in [5.74, 6) is -0.223. The van der Waals surface area contributed by atoms with Crippen LogP contribution in [0, 0.1) is 5.82 Å². The second kappa shape index (κ2) is 6.65. The molecule has 2 rings (SSSR count). The zero-order chi connectivity index (χ0) is 14.4. The number of aromatic amines is 1. The second-order valence-corrected chi connectivity index (χ2v) is 4.53. The van der Waals surface area contributed by atoms with Crippen molar-refractivity contribution in [3.63, 3.8) is 0 Å². The molecule has 1 aromatic heterocycles. The molecule has 0 atom stereocenters. The van der Waals surface area contributed by atoms with Gasteiger partial charge >= 0.3 is 0 Å². The number of hydrazone groups is 1. The number of rotatable bonds is 5. The first-order chi connectivity index (χ1) is 9.63. The Morgan fingerprint density at radius 2 is 2.20 bits per heavy atom. The molecule has 2 N–H and O–H groups in total. The fourth-order valence-corrected chi connectivity index (χ4v) is 1.75. The van der Waals surface area contributed by atoms with Crippen LogP contribution < -0.4 is 11.0 Å². The molecule has 4 nitrogen and oxygen atoms in total. The Kier molecular flexibility index (Phi) is 4.65. The number of anilines is 1. The molecule has 5 heteroatoms. The average Bonchev–Trinajstić information content (AvgIpc) is 2.43. The molecule has 0 aliphatic heterocycles. The maximum Gasteiger partial charge on any atom is 0.250 e. The molecule has 0 aliphatic carbocycles. The number of aromatic nitrogens is 1. The van der Waals surface area contributed by atoms with Crippen LogP contribution in [-0.4, -0.2) is 10.7 Å². The highest BCUT2D eigenvalue weighted by Crippen LogP contribution is 2.07. The Labute approximate surface area is 116 Å². The van der Waals surface area contributed by atoms with E-state index in [1.165, 1.54) is 18.2 Å². The first-order valence-electron chi connectivity index (χ1n) is 6.36. The number of nitrogens with one attached hydrogen (secondary N) is 2. The molecular weight excluding hydrogens is 257 g/mol. The molecule has 1 heterocycles. The zero-order valence-electron chi connectivity index (χ0n) is 11.2. The lowest BCUT2D eigenvalue weighted by atomic mass is 10.1. The molecule has 0 bridgehead atoms. The summed E-state index contributed by atoms with van der Waals surface area (Å²) in [5.41, 5.74) is 5.11. The topological polar surface area (TPSA) is 57.2 Å². The summed E-state index contributed by atoms with van der Waals surface area (Å²) in [5, 5.41) is 4.19. The van der Waals surface area contributed by atoms with Gasteiger partial charge < -0.3 is 4.98 Å². The van der Waals surface area contributed by atoms with Crippen molar-refractivity contribution in [3.05, 3.63) is 64.3 Å². The van der Waals surface area contributed by atoms with Crippen molar-refractivity contribution >= 4 is 11.4 Å². The van der Waals surface area contributed by atoms with Crippen molar-refractivity contribution in [2.24, 2.45) is 5.10 Å². The Hall–Kier alpha value is -2.43. The number of nitrogens with zero attached hydrogens (tertiary/aromatic N) is 1. The predicted octanol–water partition coefficient (Wildman–Crippen LogP) is 2.93. The molecule has 2 aromatic rings. The highest BCUT2D eigenvalue weighted by atomic mass is 19.1. The normalized spacial score (nSPS) is 11.4. The maximum atomic E-state index is 13.0. The minimum Gasteiger partial charge on any atom is -0.329 e. The van der Waals surface area contributed by atoms with Crippen LogP contribution in [0.4, 0.5) is 10.1 Å². The summed E-state index contributed by atoms with van der Waals surface area (Å²) in [6, 6.07) is 9.71. The Morgan fingerprint density at radius 1 is 1.35 bits per heavy atom. The molecular formula is C15H16FN3O. The van der Waals surface area contributed by atoms with Crippen molar-refractivity contribution < 1.29 is 4.39 Å². The van der Waals surface area contributed by atoms with Gasteiger partial charge in [0.05, 0.1) is 5.69 Å². The maximum absolute atomic E-state index is 13.0. The van der Waals surface area contributed by atoms with Gasteiger partial charge in [-0.05, 0) is 43.5 Å². The van der Waals surface area contributed by atoms with Gasteiger partial charge in [0.25, 0.3) is 0 Å². The second-order valence-electron chi connectivity index (χ2n) is 4.53. The molecule has 0 fully saturated rings. The van der Waals surface area contributed by atoms with Crippen LogP contribution in [0.1, 0.15) is 18.9 Å². The summed E-state index contributed by atoms with van der Waals surface area (Å²) in [6.07, 6.45) is 3.01. The van der Waals surface area contributed by atoms with Crippen LogP contribution in [0.3, 0.4) is 0 Å². The third-order valence-electron chi connectivity index (χ3n) is 2.82. The van der Waals surface area contributed by atoms with Crippen molar-refractivity contribution in [2.75, 3.05) is 5.43 Å². The van der Waals surface area contributed by atoms with E-state index in [1.807, 2.05) is 13.0 Å². The van der Waals surface area contributed by atoms with E-state index in [1.54, 1.807) is 18.3 Å². The number of pyridine rings is 1. The predicted molar refractivity (Wildman–Crippen MR) is 78.5 cm³/mol. The fraction of sp³-hybridized carbons (Fsp3) is 0.200. The first kappa shape index (κ1) is 14.0. The van der Waals surface area contributed by atoms with Gasteiger partial charge in [0.1, 0.15) is 5.82 Å². The highest BCUT2D eigenvalue weighted by molar-refractivity contribution is 5.82. The van der Waals surface area contributed by atoms with E-state index >= 15 is 0 Å². The summed E-state index contributed by atoms with van der Waals surface area (Å²) < 4.78 is 13.0. The number of benzene rings is 1. The van der Waals surface area contributed by atoms with E-state index < -0.39 is 0 Å². The smallest absolute Gasteiger partial charge is 0.250 e. The van der Waals surface area contributed by atoms with Crippen LogP contribution in [0.5, 0.6) is 0 Å². The molecule has 0 unspecified atom stereocenters. The minimum absolute atomic E-state index is 0.178. The molecule has 20 heavy (non-hydrogen) atoms. The van der Waals surface area contributed by atoms with Crippen molar-refractivity contribution in [1.29, 1.82) is 0 Å². The molecule has 1 aromatic carbocycles. The minimum atomic E-state index is -0.223. The van der Waals surface area contributed by atoms with Gasteiger partial charge in [0, 0.05) is 18.0 Å². The molecule has 104 valence electrons. The summed E-state index contributed by atoms with van der Waals surface area (Å²) >= 11 is 0. The van der Waals surface area contributed by atoms with Gasteiger partial charge in [-0.25, -0.2) is 4.39 Å². The van der Waals surface area contributed by atoms with Gasteiger partial charge in [0.2, 0.25) is 5.56 Å². The van der Waals surface area contributed by atoms with Gasteiger partial charge in [-0.3, -0.25) is 10.2 Å². The van der Waals surface area contributed by atoms with E-state index in [9.17, 15) is 9.18 Å². The monoisotopic (exact) mass is 273 g/mol. The van der Waals surface area contributed by atoms with Crippen LogP contribution in [-0.2, 0) is 6.42 Å². The molecule has 0 saturated heterocycles. The first-order valence-corrected chi connectivity index (χ1v) is 6.36. The van der Waals surface area contributed by atoms with Crippen LogP contribution in [0.25, 0.3) is 0 Å². The Morgan fingerprint density at radius 3 is 2.95 bits per heavy atom. The number of hydrogen-bond donors (Lipinski definition) is 2. The number of H-pyrrole nitrogens is 1. The van der Waals surface area contributed by atoms with Gasteiger partial charge in [-0.1, -0.05) is 12.1 Å². The van der Waals surface area contributed by atoms with Crippen LogP contribution in [0.15, 0.2) is 52.5 Å². The van der Waals surface area contributed by atoms with E-state index in [-0.39, 0.29) is 11.4 Å². The van der Waals surface area contributed by atoms with E-state index in [0.29, 0.717) is 5.69 Å². The largest absolute Gasteiger partial charge is 0.329 e. The third kappa shape index (κ3) is 4.35. The number of hydrogen-bond acceptors (Lipinski definition) is 3. The molecule has 0 amide bonds. The molecule has 0 spiro atoms. The highest BCUT2D eigenvalue weighted by Gasteiger charge is 1.98. The van der Waals surface area contributed by atoms with Crippen molar-refractivity contribution in [2.45, 2.75) is 19.8 Å². The quantitative estimate of drug-likeness (QED) is 0.650. The van der Waals surface area contributed by atoms with Crippen LogP contribution in [0.2, 0.25) is 0 Å². The van der Waals surface area contributed by atoms with E-state index in [2.05, 4.69) is 15.5 Å².